The van der Waals surface area contributed by atoms with E-state index in [1.54, 1.807) is 4.52 Å². The normalized spacial score (nSPS) is 24.1. The summed E-state index contributed by atoms with van der Waals surface area (Å²) in [6.45, 7) is 5.67. The smallest absolute Gasteiger partial charge is 0.254 e. The van der Waals surface area contributed by atoms with Gasteiger partial charge in [0.05, 0.1) is 0 Å². The Morgan fingerprint density at radius 2 is 1.96 bits per heavy atom. The Labute approximate surface area is 159 Å². The predicted octanol–water partition coefficient (Wildman–Crippen LogP) is -0.107. The summed E-state index contributed by atoms with van der Waals surface area (Å²) >= 11 is 0. The fourth-order valence-corrected chi connectivity index (χ4v) is 4.27. The van der Waals surface area contributed by atoms with E-state index in [0.29, 0.717) is 30.8 Å². The molecule has 27 heavy (non-hydrogen) atoms. The molecule has 2 saturated heterocycles. The lowest BCUT2D eigenvalue weighted by atomic mass is 10.1. The number of fused-ring (bicyclic) bond motifs is 1. The Balaban J connectivity index is 1.37. The van der Waals surface area contributed by atoms with Gasteiger partial charge in [-0.2, -0.15) is 14.6 Å². The van der Waals surface area contributed by atoms with E-state index in [-0.39, 0.29) is 5.91 Å². The Hall–Kier alpha value is -2.26. The van der Waals surface area contributed by atoms with Crippen LogP contribution in [0.1, 0.15) is 25.0 Å². The average molecular weight is 372 g/mol. The number of aromatic nitrogens is 4. The minimum absolute atomic E-state index is 0.251. The molecule has 1 amide bonds. The number of rotatable bonds is 4. The number of likely N-dealkylation sites (tertiary alicyclic amines) is 1. The van der Waals surface area contributed by atoms with E-state index in [1.807, 2.05) is 17.9 Å². The summed E-state index contributed by atoms with van der Waals surface area (Å²) in [5.74, 6) is 1.85. The number of aryl methyl sites for hydroxylation is 1. The van der Waals surface area contributed by atoms with Crippen LogP contribution in [0.15, 0.2) is 12.4 Å². The first-order chi connectivity index (χ1) is 13.1. The highest BCUT2D eigenvalue weighted by molar-refractivity contribution is 5.77. The van der Waals surface area contributed by atoms with E-state index < -0.39 is 0 Å². The number of hydrogen-bond donors (Lipinski definition) is 1. The number of hydrogen-bond acceptors (Lipinski definition) is 7. The largest absolute Gasteiger partial charge is 0.353 e. The highest BCUT2D eigenvalue weighted by Crippen LogP contribution is 2.25. The van der Waals surface area contributed by atoms with Gasteiger partial charge in [0.1, 0.15) is 12.1 Å². The molecule has 9 heteroatoms. The first-order valence-electron chi connectivity index (χ1n) is 9.69. The summed E-state index contributed by atoms with van der Waals surface area (Å²) in [5, 5.41) is 4.29. The molecule has 2 aromatic rings. The van der Waals surface area contributed by atoms with Crippen LogP contribution in [0.5, 0.6) is 0 Å². The van der Waals surface area contributed by atoms with Gasteiger partial charge in [-0.15, -0.1) is 0 Å². The fourth-order valence-electron chi connectivity index (χ4n) is 4.27. The Bertz CT molecular complexity index is 813. The molecule has 2 fully saturated rings. The molecule has 0 radical (unpaired) electrons. The number of carbonyl (C=O) groups excluding carboxylic acids is 1. The number of likely N-dealkylation sites (N-methyl/N-ethyl adjacent to an activating group) is 1. The van der Waals surface area contributed by atoms with Crippen molar-refractivity contribution in [1.29, 1.82) is 0 Å². The zero-order chi connectivity index (χ0) is 19.0. The van der Waals surface area contributed by atoms with Crippen LogP contribution in [0.3, 0.4) is 0 Å². The van der Waals surface area contributed by atoms with Crippen LogP contribution >= 0.6 is 0 Å². The average Bonchev–Trinajstić information content (AvgIpc) is 3.28. The van der Waals surface area contributed by atoms with Crippen LogP contribution < -0.4 is 10.6 Å². The lowest BCUT2D eigenvalue weighted by molar-refractivity contribution is -0.132. The van der Waals surface area contributed by atoms with Gasteiger partial charge in [0.25, 0.3) is 5.78 Å². The van der Waals surface area contributed by atoms with Gasteiger partial charge in [0, 0.05) is 63.0 Å². The monoisotopic (exact) mass is 372 g/mol. The van der Waals surface area contributed by atoms with E-state index in [0.717, 1.165) is 50.5 Å². The van der Waals surface area contributed by atoms with Crippen LogP contribution in [-0.4, -0.2) is 87.1 Å². The SMILES string of the molecule is Cc1cc(N2CCN(C(=O)C[C@@H]3CC[C@H](CN)N3C)CC2)n2ncnc2n1. The molecule has 0 aliphatic carbocycles. The van der Waals surface area contributed by atoms with Crippen LogP contribution in [0, 0.1) is 6.92 Å². The van der Waals surface area contributed by atoms with Crippen molar-refractivity contribution in [1.82, 2.24) is 29.4 Å². The van der Waals surface area contributed by atoms with E-state index in [4.69, 9.17) is 5.73 Å². The first-order valence-corrected chi connectivity index (χ1v) is 9.69. The molecular weight excluding hydrogens is 344 g/mol. The summed E-state index contributed by atoms with van der Waals surface area (Å²) in [6, 6.07) is 2.76. The van der Waals surface area contributed by atoms with E-state index in [2.05, 4.69) is 31.9 Å². The second-order valence-electron chi connectivity index (χ2n) is 7.59. The number of carbonyl (C=O) groups is 1. The number of nitrogens with two attached hydrogens (primary N) is 1. The number of nitrogens with zero attached hydrogens (tertiary/aromatic N) is 7. The van der Waals surface area contributed by atoms with Crippen LogP contribution in [0.25, 0.3) is 5.78 Å². The maximum atomic E-state index is 12.8. The van der Waals surface area contributed by atoms with Gasteiger partial charge in [-0.05, 0) is 26.8 Å². The Morgan fingerprint density at radius 1 is 1.22 bits per heavy atom. The molecule has 2 aliphatic heterocycles. The predicted molar refractivity (Wildman–Crippen MR) is 103 cm³/mol. The lowest BCUT2D eigenvalue weighted by Crippen LogP contribution is -2.50. The van der Waals surface area contributed by atoms with Gasteiger partial charge in [-0.3, -0.25) is 9.69 Å². The topological polar surface area (TPSA) is 95.9 Å². The second-order valence-corrected chi connectivity index (χ2v) is 7.59. The van der Waals surface area contributed by atoms with E-state index in [1.165, 1.54) is 6.33 Å². The summed E-state index contributed by atoms with van der Waals surface area (Å²) in [4.78, 5) is 27.9. The third-order valence-corrected chi connectivity index (χ3v) is 5.98. The van der Waals surface area contributed by atoms with Crippen molar-refractivity contribution < 1.29 is 4.79 Å². The molecule has 0 spiro atoms. The van der Waals surface area contributed by atoms with Crippen molar-refractivity contribution >= 4 is 17.5 Å². The van der Waals surface area contributed by atoms with Gasteiger partial charge in [-0.25, -0.2) is 4.98 Å². The number of piperazine rings is 1. The molecule has 0 saturated carbocycles. The first kappa shape index (κ1) is 18.1. The van der Waals surface area contributed by atoms with Crippen molar-refractivity contribution in [3.05, 3.63) is 18.1 Å². The van der Waals surface area contributed by atoms with Crippen molar-refractivity contribution in [2.75, 3.05) is 44.7 Å². The van der Waals surface area contributed by atoms with Crippen molar-refractivity contribution in [2.24, 2.45) is 5.73 Å². The second kappa shape index (κ2) is 7.40. The zero-order valence-corrected chi connectivity index (χ0v) is 16.1. The summed E-state index contributed by atoms with van der Waals surface area (Å²) in [7, 11) is 2.09. The minimum Gasteiger partial charge on any atom is -0.353 e. The van der Waals surface area contributed by atoms with Gasteiger partial charge in [0.15, 0.2) is 0 Å². The lowest BCUT2D eigenvalue weighted by Gasteiger charge is -2.36. The van der Waals surface area contributed by atoms with Crippen LogP contribution in [0.4, 0.5) is 5.82 Å². The molecule has 146 valence electrons. The Morgan fingerprint density at radius 3 is 2.67 bits per heavy atom. The van der Waals surface area contributed by atoms with Crippen molar-refractivity contribution in [3.8, 4) is 0 Å². The molecule has 0 bridgehead atoms. The van der Waals surface area contributed by atoms with Crippen LogP contribution in [-0.2, 0) is 4.79 Å². The van der Waals surface area contributed by atoms with Gasteiger partial charge in [-0.1, -0.05) is 0 Å². The van der Waals surface area contributed by atoms with Gasteiger partial charge >= 0.3 is 0 Å². The highest BCUT2D eigenvalue weighted by atomic mass is 16.2. The molecule has 4 heterocycles. The summed E-state index contributed by atoms with van der Waals surface area (Å²) in [6.07, 6.45) is 4.27. The molecule has 2 atom stereocenters. The van der Waals surface area contributed by atoms with Gasteiger partial charge < -0.3 is 15.5 Å². The molecule has 9 nitrogen and oxygen atoms in total. The molecular formula is C18H28N8O. The molecule has 0 aromatic carbocycles. The maximum Gasteiger partial charge on any atom is 0.254 e. The van der Waals surface area contributed by atoms with Crippen molar-refractivity contribution in [2.45, 2.75) is 38.3 Å². The standard InChI is InChI=1S/C18H28N8O/c1-13-9-16(26-18(22-13)20-12-21-26)24-5-7-25(8-6-24)17(27)10-14-3-4-15(11-19)23(14)2/h9,12,14-15H,3-8,10-11,19H2,1-2H3/t14-,15+/m0/s1. The molecule has 0 unspecified atom stereocenters. The summed E-state index contributed by atoms with van der Waals surface area (Å²) in [5.41, 5.74) is 6.73. The third-order valence-electron chi connectivity index (χ3n) is 5.98. The molecule has 2 aromatic heterocycles. The number of amides is 1. The quantitative estimate of drug-likeness (QED) is 0.800. The van der Waals surface area contributed by atoms with E-state index >= 15 is 0 Å². The minimum atomic E-state index is 0.251. The molecule has 4 rings (SSSR count). The van der Waals surface area contributed by atoms with Crippen molar-refractivity contribution in [3.63, 3.8) is 0 Å². The highest BCUT2D eigenvalue weighted by Gasteiger charge is 2.32. The maximum absolute atomic E-state index is 12.8. The van der Waals surface area contributed by atoms with E-state index in [9.17, 15) is 4.79 Å². The molecule has 2 N–H and O–H groups in total. The molecule has 2 aliphatic rings. The Kier molecular flexibility index (Phi) is 4.96. The summed E-state index contributed by atoms with van der Waals surface area (Å²) < 4.78 is 1.77. The third kappa shape index (κ3) is 3.49. The zero-order valence-electron chi connectivity index (χ0n) is 16.1. The fraction of sp³-hybridized carbons (Fsp3) is 0.667. The van der Waals surface area contributed by atoms with Crippen LogP contribution in [0.2, 0.25) is 0 Å². The van der Waals surface area contributed by atoms with Gasteiger partial charge in [0.2, 0.25) is 5.91 Å². The number of anilines is 1.